The smallest absolute Gasteiger partial charge is 0.240 e. The molecule has 0 radical (unpaired) electrons. The van der Waals surface area contributed by atoms with Crippen molar-refractivity contribution < 1.29 is 8.42 Å². The largest absolute Gasteiger partial charge is 0.286 e. The fourth-order valence-electron chi connectivity index (χ4n) is 3.44. The quantitative estimate of drug-likeness (QED) is 0.328. The highest BCUT2D eigenvalue weighted by molar-refractivity contribution is 8.13. The Morgan fingerprint density at radius 2 is 1.66 bits per heavy atom. The van der Waals surface area contributed by atoms with Gasteiger partial charge in [-0.15, -0.1) is 4.40 Å². The van der Waals surface area contributed by atoms with Crippen LogP contribution in [0.25, 0.3) is 0 Å². The molecule has 1 unspecified atom stereocenters. The van der Waals surface area contributed by atoms with Crippen LogP contribution in [0.3, 0.4) is 0 Å². The summed E-state index contributed by atoms with van der Waals surface area (Å²) < 4.78 is 30.0. The molecule has 164 valence electrons. The topological polar surface area (TPSA) is 62.1 Å². The van der Waals surface area contributed by atoms with Crippen molar-refractivity contribution in [2.75, 3.05) is 12.8 Å². The van der Waals surface area contributed by atoms with Gasteiger partial charge in [0.2, 0.25) is 0 Å². The SMILES string of the molecule is CSC(=NS(=O)(=O)c1ccccc1Cl)N1CC(c2ccccc2)C(c2ccc(Cl)cc2)=N1. The standard InChI is InChI=1S/C23H19Cl2N3O2S2/c1-31-23(27-32(29,30)21-10-6-5-9-20(21)25)28-15-19(16-7-3-2-4-8-16)22(26-28)17-11-13-18(24)14-12-17/h2-14,19H,15H2,1H3. The fraction of sp³-hybridized carbons (Fsp3) is 0.130. The predicted molar refractivity (Wildman–Crippen MR) is 133 cm³/mol. The highest BCUT2D eigenvalue weighted by atomic mass is 35.5. The summed E-state index contributed by atoms with van der Waals surface area (Å²) in [6.07, 6.45) is 1.77. The second-order valence-corrected chi connectivity index (χ2v) is 10.2. The van der Waals surface area contributed by atoms with Gasteiger partial charge in [0.1, 0.15) is 4.90 Å². The first kappa shape index (κ1) is 22.9. The number of hydrazone groups is 1. The molecule has 3 aromatic rings. The van der Waals surface area contributed by atoms with Gasteiger partial charge in [-0.25, -0.2) is 5.01 Å². The summed E-state index contributed by atoms with van der Waals surface area (Å²) in [5.74, 6) is -0.0576. The molecule has 0 aliphatic carbocycles. The molecule has 5 nitrogen and oxygen atoms in total. The third-order valence-electron chi connectivity index (χ3n) is 4.97. The van der Waals surface area contributed by atoms with Crippen molar-refractivity contribution in [3.63, 3.8) is 0 Å². The van der Waals surface area contributed by atoms with Gasteiger partial charge in [-0.3, -0.25) is 0 Å². The maximum atomic E-state index is 12.9. The van der Waals surface area contributed by atoms with E-state index in [1.54, 1.807) is 23.4 Å². The van der Waals surface area contributed by atoms with Crippen molar-refractivity contribution in [1.29, 1.82) is 0 Å². The Balaban J connectivity index is 1.75. The molecule has 0 saturated heterocycles. The second-order valence-electron chi connectivity index (χ2n) is 7.02. The first-order chi connectivity index (χ1) is 15.4. The molecule has 0 fully saturated rings. The molecule has 32 heavy (non-hydrogen) atoms. The summed E-state index contributed by atoms with van der Waals surface area (Å²) >= 11 is 13.4. The number of hydrogen-bond donors (Lipinski definition) is 0. The Kier molecular flexibility index (Phi) is 6.90. The van der Waals surface area contributed by atoms with Gasteiger partial charge in [0, 0.05) is 10.9 Å². The summed E-state index contributed by atoms with van der Waals surface area (Å²) in [5.41, 5.74) is 2.82. The van der Waals surface area contributed by atoms with E-state index in [-0.39, 0.29) is 21.0 Å². The van der Waals surface area contributed by atoms with Gasteiger partial charge in [0.25, 0.3) is 10.0 Å². The Morgan fingerprint density at radius 1 is 1.00 bits per heavy atom. The summed E-state index contributed by atoms with van der Waals surface area (Å²) in [4.78, 5) is -0.0334. The summed E-state index contributed by atoms with van der Waals surface area (Å²) in [7, 11) is -4.00. The van der Waals surface area contributed by atoms with Gasteiger partial charge in [0.05, 0.1) is 17.3 Å². The molecule has 0 N–H and O–H groups in total. The van der Waals surface area contributed by atoms with E-state index in [1.165, 1.54) is 23.9 Å². The number of nitrogens with zero attached hydrogens (tertiary/aromatic N) is 3. The lowest BCUT2D eigenvalue weighted by molar-refractivity contribution is 0.484. The third kappa shape index (κ3) is 4.86. The molecule has 1 aliphatic heterocycles. The minimum absolute atomic E-state index is 0.0334. The normalized spacial score (nSPS) is 16.8. The molecule has 0 aromatic heterocycles. The first-order valence-corrected chi connectivity index (χ1v) is 13.1. The number of halogens is 2. The van der Waals surface area contributed by atoms with E-state index in [2.05, 4.69) is 4.40 Å². The van der Waals surface area contributed by atoms with Gasteiger partial charge >= 0.3 is 0 Å². The zero-order valence-electron chi connectivity index (χ0n) is 17.0. The maximum absolute atomic E-state index is 12.9. The molecule has 3 aromatic carbocycles. The number of benzene rings is 3. The Bertz CT molecular complexity index is 1280. The molecule has 0 bridgehead atoms. The number of hydrogen-bond acceptors (Lipinski definition) is 4. The van der Waals surface area contributed by atoms with E-state index >= 15 is 0 Å². The molecule has 9 heteroatoms. The van der Waals surface area contributed by atoms with E-state index in [0.29, 0.717) is 11.6 Å². The lowest BCUT2D eigenvalue weighted by atomic mass is 9.91. The van der Waals surface area contributed by atoms with Crippen LogP contribution in [-0.2, 0) is 10.0 Å². The zero-order chi connectivity index (χ0) is 22.7. The summed E-state index contributed by atoms with van der Waals surface area (Å²) in [6.45, 7) is 0.458. The molecule has 0 spiro atoms. The Hall–Kier alpha value is -2.32. The van der Waals surface area contributed by atoms with Crippen LogP contribution in [0.2, 0.25) is 10.0 Å². The summed E-state index contributed by atoms with van der Waals surface area (Å²) in [6, 6.07) is 23.7. The van der Waals surface area contributed by atoms with Crippen LogP contribution in [-0.4, -0.2) is 37.1 Å². The Morgan fingerprint density at radius 3 is 2.31 bits per heavy atom. The van der Waals surface area contributed by atoms with Crippen LogP contribution < -0.4 is 0 Å². The van der Waals surface area contributed by atoms with Crippen LogP contribution in [0.1, 0.15) is 17.0 Å². The van der Waals surface area contributed by atoms with Crippen molar-refractivity contribution in [3.8, 4) is 0 Å². The van der Waals surface area contributed by atoms with Gasteiger partial charge in [-0.1, -0.05) is 89.6 Å². The number of amidine groups is 1. The molecule has 4 rings (SSSR count). The zero-order valence-corrected chi connectivity index (χ0v) is 20.2. The van der Waals surface area contributed by atoms with Crippen LogP contribution in [0.15, 0.2) is 93.3 Å². The lowest BCUT2D eigenvalue weighted by Crippen LogP contribution is -2.24. The predicted octanol–water partition coefficient (Wildman–Crippen LogP) is 5.90. The molecular formula is C23H19Cl2N3O2S2. The van der Waals surface area contributed by atoms with E-state index in [9.17, 15) is 8.42 Å². The minimum atomic E-state index is -4.00. The molecule has 1 heterocycles. The number of rotatable bonds is 4. The average molecular weight is 504 g/mol. The van der Waals surface area contributed by atoms with Gasteiger partial charge in [-0.05, 0) is 41.6 Å². The molecule has 0 amide bonds. The van der Waals surface area contributed by atoms with Crippen LogP contribution in [0, 0.1) is 0 Å². The van der Waals surface area contributed by atoms with E-state index in [1.807, 2.05) is 54.6 Å². The van der Waals surface area contributed by atoms with Crippen LogP contribution in [0.4, 0.5) is 0 Å². The van der Waals surface area contributed by atoms with Crippen molar-refractivity contribution in [3.05, 3.63) is 100 Å². The second kappa shape index (κ2) is 9.67. The first-order valence-electron chi connectivity index (χ1n) is 9.69. The monoisotopic (exact) mass is 503 g/mol. The van der Waals surface area contributed by atoms with Crippen molar-refractivity contribution in [2.24, 2.45) is 9.50 Å². The minimum Gasteiger partial charge on any atom is -0.240 e. The van der Waals surface area contributed by atoms with Gasteiger partial charge in [0.15, 0.2) is 5.17 Å². The van der Waals surface area contributed by atoms with Crippen LogP contribution in [0.5, 0.6) is 0 Å². The van der Waals surface area contributed by atoms with Crippen molar-refractivity contribution in [2.45, 2.75) is 10.8 Å². The maximum Gasteiger partial charge on any atom is 0.286 e. The van der Waals surface area contributed by atoms with E-state index < -0.39 is 10.0 Å². The number of thioether (sulfide) groups is 1. The van der Waals surface area contributed by atoms with Crippen molar-refractivity contribution >= 4 is 55.9 Å². The third-order valence-corrected chi connectivity index (χ3v) is 7.77. The van der Waals surface area contributed by atoms with Gasteiger partial charge < -0.3 is 0 Å². The summed E-state index contributed by atoms with van der Waals surface area (Å²) in [5, 5.41) is 7.45. The molecule has 1 atom stereocenters. The highest BCUT2D eigenvalue weighted by Crippen LogP contribution is 2.31. The molecular weight excluding hydrogens is 485 g/mol. The van der Waals surface area contributed by atoms with E-state index in [4.69, 9.17) is 28.3 Å². The Labute approximate surface area is 201 Å². The lowest BCUT2D eigenvalue weighted by Gasteiger charge is -2.17. The van der Waals surface area contributed by atoms with Crippen molar-refractivity contribution in [1.82, 2.24) is 5.01 Å². The van der Waals surface area contributed by atoms with E-state index in [0.717, 1.165) is 16.8 Å². The number of sulfonamides is 1. The fourth-order valence-corrected chi connectivity index (χ4v) is 5.88. The molecule has 0 saturated carbocycles. The van der Waals surface area contributed by atoms with Crippen LogP contribution >= 0.6 is 35.0 Å². The average Bonchev–Trinajstić information content (AvgIpc) is 3.24. The van der Waals surface area contributed by atoms with Gasteiger partial charge in [-0.2, -0.15) is 13.5 Å². The molecule has 1 aliphatic rings. The highest BCUT2D eigenvalue weighted by Gasteiger charge is 2.32.